The third-order valence-corrected chi connectivity index (χ3v) is 6.60. The Morgan fingerprint density at radius 1 is 1.03 bits per heavy atom. The molecule has 1 heterocycles. The predicted molar refractivity (Wildman–Crippen MR) is 147 cm³/mol. The van der Waals surface area contributed by atoms with Crippen molar-refractivity contribution in [2.24, 2.45) is 27.9 Å². The molecule has 0 saturated carbocycles. The van der Waals surface area contributed by atoms with Crippen LogP contribution in [0.5, 0.6) is 0 Å². The van der Waals surface area contributed by atoms with Gasteiger partial charge in [-0.25, -0.2) is 4.79 Å². The van der Waals surface area contributed by atoms with Crippen molar-refractivity contribution in [2.45, 2.75) is 75.5 Å². The van der Waals surface area contributed by atoms with Crippen LogP contribution in [0.3, 0.4) is 0 Å². The Hall–Kier alpha value is -3.71. The number of aliphatic carboxylic acids is 1. The molecule has 4 atom stereocenters. The summed E-state index contributed by atoms with van der Waals surface area (Å²) in [5.74, 6) is -2.63. The quantitative estimate of drug-likeness (QED) is 0.0747. The van der Waals surface area contributed by atoms with E-state index in [0.29, 0.717) is 64.6 Å². The van der Waals surface area contributed by atoms with Crippen LogP contribution in [-0.4, -0.2) is 83.5 Å². The van der Waals surface area contributed by atoms with Crippen molar-refractivity contribution in [3.05, 3.63) is 35.9 Å². The first-order valence-corrected chi connectivity index (χ1v) is 13.3. The highest BCUT2D eigenvalue weighted by Crippen LogP contribution is 2.20. The molecule has 13 heteroatoms. The highest BCUT2D eigenvalue weighted by Gasteiger charge is 2.39. The number of aliphatic imine (C=N–C) groups is 1. The minimum atomic E-state index is -1.16. The molecular formula is C26H42N8O5. The number of nitrogens with zero attached hydrogens (tertiary/aromatic N) is 2. The maximum atomic E-state index is 13.6. The van der Waals surface area contributed by atoms with E-state index in [2.05, 4.69) is 15.6 Å². The van der Waals surface area contributed by atoms with Crippen LogP contribution < -0.4 is 33.6 Å². The van der Waals surface area contributed by atoms with Gasteiger partial charge < -0.3 is 43.6 Å². The molecule has 11 N–H and O–H groups in total. The predicted octanol–water partition coefficient (Wildman–Crippen LogP) is -1.22. The monoisotopic (exact) mass is 546 g/mol. The van der Waals surface area contributed by atoms with Gasteiger partial charge in [-0.2, -0.15) is 0 Å². The summed E-state index contributed by atoms with van der Waals surface area (Å²) in [6, 6.07) is 5.25. The second-order valence-electron chi connectivity index (χ2n) is 9.68. The number of carboxylic acids is 1. The first-order valence-electron chi connectivity index (χ1n) is 13.3. The lowest BCUT2D eigenvalue weighted by Crippen LogP contribution is -2.57. The van der Waals surface area contributed by atoms with E-state index in [9.17, 15) is 24.3 Å². The van der Waals surface area contributed by atoms with Gasteiger partial charge in [-0.3, -0.25) is 19.4 Å². The maximum Gasteiger partial charge on any atom is 0.326 e. The van der Waals surface area contributed by atoms with Crippen molar-refractivity contribution in [1.82, 2.24) is 15.5 Å². The van der Waals surface area contributed by atoms with Crippen LogP contribution >= 0.6 is 0 Å². The molecule has 0 spiro atoms. The lowest BCUT2D eigenvalue weighted by atomic mass is 10.0. The third kappa shape index (κ3) is 10.5. The molecule has 1 aliphatic heterocycles. The summed E-state index contributed by atoms with van der Waals surface area (Å²) in [4.78, 5) is 56.6. The number of benzene rings is 1. The van der Waals surface area contributed by atoms with Crippen LogP contribution in [0.1, 0.15) is 50.5 Å². The van der Waals surface area contributed by atoms with Crippen molar-refractivity contribution >= 4 is 29.7 Å². The summed E-state index contributed by atoms with van der Waals surface area (Å²) >= 11 is 0. The molecule has 4 unspecified atom stereocenters. The van der Waals surface area contributed by atoms with Crippen LogP contribution in [0, 0.1) is 0 Å². The van der Waals surface area contributed by atoms with Crippen LogP contribution in [0.15, 0.2) is 35.3 Å². The average molecular weight is 547 g/mol. The normalized spacial score (nSPS) is 17.1. The molecule has 3 amide bonds. The SMILES string of the molecule is NCCCCC(NC(=O)C(N)CCCN=C(N)N)C(=O)N1CCCC1C(=O)NC(Cc1ccccc1)C(=O)O. The zero-order chi connectivity index (χ0) is 28.8. The fourth-order valence-electron chi connectivity index (χ4n) is 4.50. The number of hydrogen-bond acceptors (Lipinski definition) is 7. The fraction of sp³-hybridized carbons (Fsp3) is 0.577. The lowest BCUT2D eigenvalue weighted by molar-refractivity contribution is -0.145. The van der Waals surface area contributed by atoms with Crippen molar-refractivity contribution < 1.29 is 24.3 Å². The number of likely N-dealkylation sites (tertiary alicyclic amines) is 1. The molecular weight excluding hydrogens is 504 g/mol. The maximum absolute atomic E-state index is 13.6. The third-order valence-electron chi connectivity index (χ3n) is 6.60. The van der Waals surface area contributed by atoms with E-state index in [0.717, 1.165) is 5.56 Å². The van der Waals surface area contributed by atoms with E-state index in [1.54, 1.807) is 24.3 Å². The zero-order valence-electron chi connectivity index (χ0n) is 22.3. The fourth-order valence-corrected chi connectivity index (χ4v) is 4.50. The largest absolute Gasteiger partial charge is 0.480 e. The van der Waals surface area contributed by atoms with E-state index < -0.39 is 47.9 Å². The Bertz CT molecular complexity index is 986. The summed E-state index contributed by atoms with van der Waals surface area (Å²) in [6.07, 6.45) is 3.47. The summed E-state index contributed by atoms with van der Waals surface area (Å²) in [7, 11) is 0. The zero-order valence-corrected chi connectivity index (χ0v) is 22.3. The summed E-state index contributed by atoms with van der Waals surface area (Å²) in [5.41, 5.74) is 23.0. The summed E-state index contributed by atoms with van der Waals surface area (Å²) < 4.78 is 0. The number of carbonyl (C=O) groups is 4. The molecule has 1 aromatic rings. The molecule has 1 aliphatic rings. The second-order valence-corrected chi connectivity index (χ2v) is 9.68. The molecule has 2 rings (SSSR count). The van der Waals surface area contributed by atoms with Gasteiger partial charge in [-0.1, -0.05) is 30.3 Å². The number of nitrogens with one attached hydrogen (secondary N) is 2. The smallest absolute Gasteiger partial charge is 0.326 e. The molecule has 1 aromatic carbocycles. The number of amides is 3. The topological polar surface area (TPSA) is 232 Å². The standard InChI is InChI=1S/C26H42N8O5/c27-13-5-4-11-19(32-22(35)18(28)10-6-14-31-26(29)30)24(37)34-15-7-12-21(34)23(36)33-20(25(38)39)16-17-8-2-1-3-9-17/h1-3,8-9,18-21H,4-7,10-16,27-28H2,(H,32,35)(H,33,36)(H,38,39)(H4,29,30,31). The number of rotatable bonds is 16. The number of hydrogen-bond donors (Lipinski definition) is 7. The molecule has 0 aromatic heterocycles. The van der Waals surface area contributed by atoms with Gasteiger partial charge in [0.2, 0.25) is 17.7 Å². The molecule has 1 saturated heterocycles. The van der Waals surface area contributed by atoms with E-state index in [4.69, 9.17) is 22.9 Å². The molecule has 0 radical (unpaired) electrons. The molecule has 0 bridgehead atoms. The van der Waals surface area contributed by atoms with Gasteiger partial charge in [0.05, 0.1) is 6.04 Å². The van der Waals surface area contributed by atoms with Crippen LogP contribution in [0.2, 0.25) is 0 Å². The van der Waals surface area contributed by atoms with Gasteiger partial charge in [0, 0.05) is 19.5 Å². The van der Waals surface area contributed by atoms with Crippen molar-refractivity contribution in [3.8, 4) is 0 Å². The highest BCUT2D eigenvalue weighted by molar-refractivity contribution is 5.94. The molecule has 39 heavy (non-hydrogen) atoms. The lowest BCUT2D eigenvalue weighted by Gasteiger charge is -2.30. The van der Waals surface area contributed by atoms with E-state index in [1.165, 1.54) is 4.90 Å². The minimum Gasteiger partial charge on any atom is -0.480 e. The van der Waals surface area contributed by atoms with Gasteiger partial charge in [0.25, 0.3) is 0 Å². The highest BCUT2D eigenvalue weighted by atomic mass is 16.4. The Kier molecular flexibility index (Phi) is 13.2. The number of nitrogens with two attached hydrogens (primary N) is 4. The van der Waals surface area contributed by atoms with E-state index in [1.807, 2.05) is 6.07 Å². The molecule has 0 aliphatic carbocycles. The second kappa shape index (κ2) is 16.3. The molecule has 1 fully saturated rings. The Balaban J connectivity index is 2.06. The minimum absolute atomic E-state index is 0.0440. The molecule has 216 valence electrons. The van der Waals surface area contributed by atoms with Crippen LogP contribution in [0.25, 0.3) is 0 Å². The van der Waals surface area contributed by atoms with Crippen molar-refractivity contribution in [3.63, 3.8) is 0 Å². The summed E-state index contributed by atoms with van der Waals surface area (Å²) in [6.45, 7) is 1.08. The Morgan fingerprint density at radius 2 is 1.74 bits per heavy atom. The van der Waals surface area contributed by atoms with Gasteiger partial charge in [0.1, 0.15) is 18.1 Å². The van der Waals surface area contributed by atoms with Gasteiger partial charge in [0.15, 0.2) is 5.96 Å². The van der Waals surface area contributed by atoms with Crippen molar-refractivity contribution in [1.29, 1.82) is 0 Å². The van der Waals surface area contributed by atoms with Gasteiger partial charge in [-0.05, 0) is 57.1 Å². The Morgan fingerprint density at radius 3 is 2.38 bits per heavy atom. The number of carbonyl (C=O) groups excluding carboxylic acids is 3. The van der Waals surface area contributed by atoms with Crippen LogP contribution in [-0.2, 0) is 25.6 Å². The average Bonchev–Trinajstić information content (AvgIpc) is 3.40. The first kappa shape index (κ1) is 31.5. The number of guanidine groups is 1. The van der Waals surface area contributed by atoms with Crippen molar-refractivity contribution in [2.75, 3.05) is 19.6 Å². The van der Waals surface area contributed by atoms with Crippen LogP contribution in [0.4, 0.5) is 0 Å². The number of carboxylic acid groups (broad SMARTS) is 1. The van der Waals surface area contributed by atoms with E-state index in [-0.39, 0.29) is 12.4 Å². The number of unbranched alkanes of at least 4 members (excludes halogenated alkanes) is 1. The van der Waals surface area contributed by atoms with E-state index >= 15 is 0 Å². The molecule has 13 nitrogen and oxygen atoms in total. The first-order chi connectivity index (χ1) is 18.6. The van der Waals surface area contributed by atoms with Gasteiger partial charge in [-0.15, -0.1) is 0 Å². The Labute approximate surface area is 228 Å². The van der Waals surface area contributed by atoms with Gasteiger partial charge >= 0.3 is 5.97 Å². The summed E-state index contributed by atoms with van der Waals surface area (Å²) in [5, 5.41) is 15.0.